The van der Waals surface area contributed by atoms with Crippen LogP contribution in [0.15, 0.2) is 48.8 Å². The number of carbonyl (C=O) groups is 1. The van der Waals surface area contributed by atoms with Gasteiger partial charge in [0, 0.05) is 50.2 Å². The van der Waals surface area contributed by atoms with Gasteiger partial charge in [-0.3, -0.25) is 9.78 Å². The zero-order valence-electron chi connectivity index (χ0n) is 14.5. The van der Waals surface area contributed by atoms with Crippen LogP contribution >= 0.6 is 0 Å². The topological polar surface area (TPSA) is 45.7 Å². The molecule has 2 aliphatic rings. The first-order chi connectivity index (χ1) is 12.3. The summed E-state index contributed by atoms with van der Waals surface area (Å²) in [5.41, 5.74) is 2.35. The van der Waals surface area contributed by atoms with Crippen molar-refractivity contribution >= 4 is 11.6 Å². The molecule has 5 nitrogen and oxygen atoms in total. The van der Waals surface area contributed by atoms with Crippen LogP contribution in [0, 0.1) is 5.92 Å². The van der Waals surface area contributed by atoms with Crippen molar-refractivity contribution in [1.29, 1.82) is 0 Å². The summed E-state index contributed by atoms with van der Waals surface area (Å²) in [4.78, 5) is 21.2. The lowest BCUT2D eigenvalue weighted by molar-refractivity contribution is -0.132. The molecule has 25 heavy (non-hydrogen) atoms. The van der Waals surface area contributed by atoms with E-state index in [1.54, 1.807) is 7.11 Å². The van der Waals surface area contributed by atoms with Crippen molar-refractivity contribution in [2.75, 3.05) is 38.2 Å². The number of aromatic nitrogens is 1. The number of hydrogen-bond acceptors (Lipinski definition) is 4. The van der Waals surface area contributed by atoms with Crippen molar-refractivity contribution in [2.45, 2.75) is 12.3 Å². The number of rotatable bonds is 4. The van der Waals surface area contributed by atoms with E-state index in [1.165, 1.54) is 11.3 Å². The molecule has 1 aromatic carbocycles. The van der Waals surface area contributed by atoms with Gasteiger partial charge in [0.2, 0.25) is 5.91 Å². The second-order valence-electron chi connectivity index (χ2n) is 6.71. The maximum atomic E-state index is 12.8. The third-order valence-corrected chi connectivity index (χ3v) is 5.27. The van der Waals surface area contributed by atoms with Crippen LogP contribution in [0.1, 0.15) is 17.9 Å². The molecular weight excluding hydrogens is 314 g/mol. The van der Waals surface area contributed by atoms with Crippen LogP contribution in [-0.4, -0.2) is 49.1 Å². The fourth-order valence-electron chi connectivity index (χ4n) is 3.76. The Morgan fingerprint density at radius 2 is 1.80 bits per heavy atom. The molecule has 1 aliphatic heterocycles. The molecule has 2 heterocycles. The molecule has 1 saturated heterocycles. The van der Waals surface area contributed by atoms with Crippen molar-refractivity contribution in [1.82, 2.24) is 9.88 Å². The summed E-state index contributed by atoms with van der Waals surface area (Å²) >= 11 is 0. The van der Waals surface area contributed by atoms with E-state index in [1.807, 2.05) is 47.6 Å². The molecule has 1 amide bonds. The third kappa shape index (κ3) is 3.18. The Hall–Kier alpha value is -2.56. The number of ether oxygens (including phenoxy) is 1. The van der Waals surface area contributed by atoms with Gasteiger partial charge in [-0.05, 0) is 36.1 Å². The average molecular weight is 337 g/mol. The maximum Gasteiger partial charge on any atom is 0.226 e. The second kappa shape index (κ2) is 6.75. The number of carbonyl (C=O) groups excluding carboxylic acids is 1. The molecule has 2 atom stereocenters. The van der Waals surface area contributed by atoms with Gasteiger partial charge in [-0.25, -0.2) is 0 Å². The van der Waals surface area contributed by atoms with Crippen molar-refractivity contribution < 1.29 is 9.53 Å². The van der Waals surface area contributed by atoms with E-state index < -0.39 is 0 Å². The molecule has 130 valence electrons. The van der Waals surface area contributed by atoms with Gasteiger partial charge in [0.25, 0.3) is 0 Å². The maximum absolute atomic E-state index is 12.8. The van der Waals surface area contributed by atoms with Gasteiger partial charge in [0.05, 0.1) is 7.11 Å². The van der Waals surface area contributed by atoms with Gasteiger partial charge < -0.3 is 14.5 Å². The molecule has 1 aliphatic carbocycles. The van der Waals surface area contributed by atoms with E-state index in [4.69, 9.17) is 4.74 Å². The molecule has 2 fully saturated rings. The van der Waals surface area contributed by atoms with E-state index in [2.05, 4.69) is 16.0 Å². The lowest BCUT2D eigenvalue weighted by Gasteiger charge is -2.36. The lowest BCUT2D eigenvalue weighted by Crippen LogP contribution is -2.49. The first kappa shape index (κ1) is 15.9. The minimum absolute atomic E-state index is 0.115. The SMILES string of the molecule is COc1ccccc1[C@H]1C[C@@H]1C(=O)N1CCN(c2ccncc2)CC1. The number of nitrogens with zero attached hydrogens (tertiary/aromatic N) is 3. The zero-order chi connectivity index (χ0) is 17.2. The van der Waals surface area contributed by atoms with Crippen LogP contribution in [0.5, 0.6) is 5.75 Å². The van der Waals surface area contributed by atoms with Crippen molar-refractivity contribution in [2.24, 2.45) is 5.92 Å². The molecule has 2 aromatic rings. The predicted molar refractivity (Wildman–Crippen MR) is 96.9 cm³/mol. The number of benzene rings is 1. The Labute approximate surface area is 148 Å². The van der Waals surface area contributed by atoms with Gasteiger partial charge in [-0.1, -0.05) is 18.2 Å². The monoisotopic (exact) mass is 337 g/mol. The van der Waals surface area contributed by atoms with Gasteiger partial charge in [-0.2, -0.15) is 0 Å². The Morgan fingerprint density at radius 1 is 1.08 bits per heavy atom. The van der Waals surface area contributed by atoms with Gasteiger partial charge in [0.15, 0.2) is 0 Å². The molecule has 0 radical (unpaired) electrons. The van der Waals surface area contributed by atoms with Crippen molar-refractivity contribution in [3.8, 4) is 5.75 Å². The van der Waals surface area contributed by atoms with Gasteiger partial charge >= 0.3 is 0 Å². The standard InChI is InChI=1S/C20H23N3O2/c1-25-19-5-3-2-4-16(19)17-14-18(17)20(24)23-12-10-22(11-13-23)15-6-8-21-9-7-15/h2-9,17-18H,10-14H2,1H3/t17-,18+/m1/s1. The normalized spacial score (nSPS) is 22.6. The minimum Gasteiger partial charge on any atom is -0.496 e. The number of pyridine rings is 1. The fourth-order valence-corrected chi connectivity index (χ4v) is 3.76. The highest BCUT2D eigenvalue weighted by atomic mass is 16.5. The Bertz CT molecular complexity index is 742. The highest BCUT2D eigenvalue weighted by molar-refractivity contribution is 5.83. The number of para-hydroxylation sites is 1. The molecule has 0 N–H and O–H groups in total. The number of amides is 1. The molecule has 4 rings (SSSR count). The smallest absolute Gasteiger partial charge is 0.226 e. The summed E-state index contributed by atoms with van der Waals surface area (Å²) in [6.07, 6.45) is 4.56. The van der Waals surface area contributed by atoms with E-state index in [0.717, 1.165) is 38.3 Å². The number of hydrogen-bond donors (Lipinski definition) is 0. The highest BCUT2D eigenvalue weighted by Crippen LogP contribution is 2.51. The van der Waals surface area contributed by atoms with Crippen LogP contribution in [-0.2, 0) is 4.79 Å². The molecule has 0 unspecified atom stereocenters. The van der Waals surface area contributed by atoms with E-state index in [9.17, 15) is 4.79 Å². The molecule has 0 bridgehead atoms. The summed E-state index contributed by atoms with van der Waals surface area (Å²) < 4.78 is 5.45. The number of methoxy groups -OCH3 is 1. The Kier molecular flexibility index (Phi) is 4.30. The van der Waals surface area contributed by atoms with E-state index in [0.29, 0.717) is 11.8 Å². The first-order valence-electron chi connectivity index (χ1n) is 8.84. The fraction of sp³-hybridized carbons (Fsp3) is 0.400. The van der Waals surface area contributed by atoms with Gasteiger partial charge in [-0.15, -0.1) is 0 Å². The number of anilines is 1. The largest absolute Gasteiger partial charge is 0.496 e. The lowest BCUT2D eigenvalue weighted by atomic mass is 10.1. The van der Waals surface area contributed by atoms with E-state index in [-0.39, 0.29) is 5.92 Å². The zero-order valence-corrected chi connectivity index (χ0v) is 14.5. The summed E-state index contributed by atoms with van der Waals surface area (Å²) in [6, 6.07) is 12.1. The molecule has 1 aromatic heterocycles. The quantitative estimate of drug-likeness (QED) is 0.860. The van der Waals surface area contributed by atoms with Crippen LogP contribution < -0.4 is 9.64 Å². The predicted octanol–water partition coefficient (Wildman–Crippen LogP) is 2.54. The average Bonchev–Trinajstić information content (AvgIpc) is 3.49. The van der Waals surface area contributed by atoms with Gasteiger partial charge in [0.1, 0.15) is 5.75 Å². The van der Waals surface area contributed by atoms with Crippen molar-refractivity contribution in [3.63, 3.8) is 0 Å². The minimum atomic E-state index is 0.115. The molecule has 5 heteroatoms. The second-order valence-corrected chi connectivity index (χ2v) is 6.71. The van der Waals surface area contributed by atoms with Crippen LogP contribution in [0.4, 0.5) is 5.69 Å². The third-order valence-electron chi connectivity index (χ3n) is 5.27. The Morgan fingerprint density at radius 3 is 2.52 bits per heavy atom. The summed E-state index contributed by atoms with van der Waals surface area (Å²) in [5.74, 6) is 1.61. The summed E-state index contributed by atoms with van der Waals surface area (Å²) in [5, 5.41) is 0. The summed E-state index contributed by atoms with van der Waals surface area (Å²) in [6.45, 7) is 3.33. The first-order valence-corrected chi connectivity index (χ1v) is 8.84. The molecular formula is C20H23N3O2. The molecule has 1 saturated carbocycles. The molecule has 0 spiro atoms. The van der Waals surface area contributed by atoms with Crippen LogP contribution in [0.25, 0.3) is 0 Å². The Balaban J connectivity index is 1.36. The highest BCUT2D eigenvalue weighted by Gasteiger charge is 2.47. The van der Waals surface area contributed by atoms with Crippen LogP contribution in [0.3, 0.4) is 0 Å². The number of piperazine rings is 1. The van der Waals surface area contributed by atoms with E-state index >= 15 is 0 Å². The van der Waals surface area contributed by atoms with Crippen LogP contribution in [0.2, 0.25) is 0 Å². The summed E-state index contributed by atoms with van der Waals surface area (Å²) in [7, 11) is 1.69. The van der Waals surface area contributed by atoms with Crippen molar-refractivity contribution in [3.05, 3.63) is 54.4 Å².